The van der Waals surface area contributed by atoms with Gasteiger partial charge in [-0.05, 0) is 24.4 Å². The van der Waals surface area contributed by atoms with Gasteiger partial charge >= 0.3 is 5.97 Å². The molecule has 2 aromatic heterocycles. The molecule has 0 amide bonds. The Morgan fingerprint density at radius 2 is 2.05 bits per heavy atom. The van der Waals surface area contributed by atoms with Crippen LogP contribution in [0.15, 0.2) is 46.8 Å². The number of hydrogen-bond acceptors (Lipinski definition) is 6. The molecule has 112 valence electrons. The monoisotopic (exact) mass is 330 g/mol. The highest BCUT2D eigenvalue weighted by Gasteiger charge is 2.18. The van der Waals surface area contributed by atoms with Gasteiger partial charge in [0.2, 0.25) is 0 Å². The van der Waals surface area contributed by atoms with Crippen LogP contribution in [0.25, 0.3) is 21.6 Å². The zero-order valence-electron chi connectivity index (χ0n) is 12.1. The highest BCUT2D eigenvalue weighted by Crippen LogP contribution is 2.32. The Hall–Kier alpha value is -1.92. The van der Waals surface area contributed by atoms with Crippen molar-refractivity contribution < 1.29 is 9.53 Å². The molecule has 0 fully saturated rings. The van der Waals surface area contributed by atoms with E-state index >= 15 is 0 Å². The fourth-order valence-corrected chi connectivity index (χ4v) is 3.66. The number of fused-ring (bicyclic) bond motifs is 1. The molecule has 1 aromatic carbocycles. The first-order chi connectivity index (χ1) is 10.7. The summed E-state index contributed by atoms with van der Waals surface area (Å²) in [5, 5.41) is 3.42. The summed E-state index contributed by atoms with van der Waals surface area (Å²) in [7, 11) is 1.40. The highest BCUT2D eigenvalue weighted by atomic mass is 32.2. The first kappa shape index (κ1) is 15.0. The number of para-hydroxylation sites is 1. The summed E-state index contributed by atoms with van der Waals surface area (Å²) in [6.45, 7) is 1.82. The van der Waals surface area contributed by atoms with Crippen molar-refractivity contribution in [3.05, 3.63) is 41.8 Å². The molecule has 3 aromatic rings. The summed E-state index contributed by atoms with van der Waals surface area (Å²) in [4.78, 5) is 22.0. The molecule has 0 unspecified atom stereocenters. The number of nitrogens with zero attached hydrogens (tertiary/aromatic N) is 2. The third-order valence-corrected chi connectivity index (χ3v) is 5.08. The van der Waals surface area contributed by atoms with Gasteiger partial charge in [-0.3, -0.25) is 4.79 Å². The third-order valence-electron chi connectivity index (χ3n) is 3.13. The topological polar surface area (TPSA) is 52.1 Å². The maximum atomic E-state index is 11.7. The summed E-state index contributed by atoms with van der Waals surface area (Å²) in [5.74, 6) is 0.429. The van der Waals surface area contributed by atoms with Crippen molar-refractivity contribution in [2.75, 3.05) is 7.11 Å². The Kier molecular flexibility index (Phi) is 4.40. The van der Waals surface area contributed by atoms with Crippen LogP contribution in [0.3, 0.4) is 0 Å². The van der Waals surface area contributed by atoms with E-state index in [9.17, 15) is 4.79 Å². The Bertz CT molecular complexity index is 803. The van der Waals surface area contributed by atoms with E-state index in [1.807, 2.05) is 48.7 Å². The Labute approximate surface area is 136 Å². The molecule has 6 heteroatoms. The molecule has 0 saturated carbocycles. The van der Waals surface area contributed by atoms with Crippen LogP contribution in [0.5, 0.6) is 0 Å². The normalized spacial score (nSPS) is 12.3. The maximum absolute atomic E-state index is 11.7. The van der Waals surface area contributed by atoms with Crippen LogP contribution in [0, 0.1) is 0 Å². The average Bonchev–Trinajstić information content (AvgIpc) is 3.08. The Morgan fingerprint density at radius 1 is 1.23 bits per heavy atom. The van der Waals surface area contributed by atoms with E-state index in [1.54, 1.807) is 11.3 Å². The molecule has 0 aliphatic rings. The first-order valence-corrected chi connectivity index (χ1v) is 8.50. The minimum Gasteiger partial charge on any atom is -0.468 e. The lowest BCUT2D eigenvalue weighted by Gasteiger charge is -2.11. The number of methoxy groups -OCH3 is 1. The minimum absolute atomic E-state index is 0.259. The molecule has 1 atom stereocenters. The van der Waals surface area contributed by atoms with E-state index < -0.39 is 0 Å². The van der Waals surface area contributed by atoms with Gasteiger partial charge in [0.15, 0.2) is 5.82 Å². The largest absolute Gasteiger partial charge is 0.468 e. The molecule has 2 heterocycles. The molecule has 0 N–H and O–H groups in total. The SMILES string of the molecule is COC(=O)[C@H](C)Sc1nc(-c2cccs2)nc2ccccc12. The third kappa shape index (κ3) is 2.98. The number of hydrogen-bond donors (Lipinski definition) is 0. The van der Waals surface area contributed by atoms with E-state index in [4.69, 9.17) is 4.74 Å². The van der Waals surface area contributed by atoms with E-state index in [0.717, 1.165) is 20.8 Å². The van der Waals surface area contributed by atoms with Gasteiger partial charge in [0.1, 0.15) is 10.3 Å². The lowest BCUT2D eigenvalue weighted by molar-refractivity contribution is -0.139. The zero-order chi connectivity index (χ0) is 15.5. The molecule has 3 rings (SSSR count). The molecule has 0 saturated heterocycles. The second kappa shape index (κ2) is 6.46. The summed E-state index contributed by atoms with van der Waals surface area (Å²) in [6, 6.07) is 11.8. The van der Waals surface area contributed by atoms with Gasteiger partial charge in [0.25, 0.3) is 0 Å². The van der Waals surface area contributed by atoms with Crippen molar-refractivity contribution >= 4 is 40.0 Å². The van der Waals surface area contributed by atoms with E-state index in [2.05, 4.69) is 9.97 Å². The maximum Gasteiger partial charge on any atom is 0.318 e. The molecule has 22 heavy (non-hydrogen) atoms. The number of carbonyl (C=O) groups excluding carboxylic acids is 1. The summed E-state index contributed by atoms with van der Waals surface area (Å²) in [5.41, 5.74) is 0.875. The predicted molar refractivity (Wildman–Crippen MR) is 90.2 cm³/mol. The number of thioether (sulfide) groups is 1. The fourth-order valence-electron chi connectivity index (χ4n) is 2.03. The van der Waals surface area contributed by atoms with Crippen molar-refractivity contribution in [3.8, 4) is 10.7 Å². The van der Waals surface area contributed by atoms with Gasteiger partial charge in [-0.25, -0.2) is 9.97 Å². The van der Waals surface area contributed by atoms with Crippen LogP contribution in [-0.4, -0.2) is 28.3 Å². The Balaban J connectivity index is 2.08. The lowest BCUT2D eigenvalue weighted by Crippen LogP contribution is -2.15. The van der Waals surface area contributed by atoms with Crippen molar-refractivity contribution in [1.82, 2.24) is 9.97 Å². The smallest absolute Gasteiger partial charge is 0.318 e. The van der Waals surface area contributed by atoms with Gasteiger partial charge in [-0.2, -0.15) is 0 Å². The molecule has 0 spiro atoms. The zero-order valence-corrected chi connectivity index (χ0v) is 13.8. The quantitative estimate of drug-likeness (QED) is 0.411. The number of thiophene rings is 1. The van der Waals surface area contributed by atoms with E-state index in [1.165, 1.54) is 18.9 Å². The molecule has 0 aliphatic carbocycles. The molecule has 0 aliphatic heterocycles. The lowest BCUT2D eigenvalue weighted by atomic mass is 10.2. The van der Waals surface area contributed by atoms with Gasteiger partial charge in [-0.1, -0.05) is 36.0 Å². The van der Waals surface area contributed by atoms with Crippen LogP contribution in [0.1, 0.15) is 6.92 Å². The molecular weight excluding hydrogens is 316 g/mol. The van der Waals surface area contributed by atoms with Gasteiger partial charge in [-0.15, -0.1) is 11.3 Å². The predicted octanol–water partition coefficient (Wildman–Crippen LogP) is 4.01. The van der Waals surface area contributed by atoms with E-state index in [-0.39, 0.29) is 11.2 Å². The highest BCUT2D eigenvalue weighted by molar-refractivity contribution is 8.00. The first-order valence-electron chi connectivity index (χ1n) is 6.74. The average molecular weight is 330 g/mol. The standard InChI is InChI=1S/C16H14N2O2S2/c1-10(16(19)20-2)22-15-11-6-3-4-7-12(11)17-14(18-15)13-8-5-9-21-13/h3-10H,1-2H3/t10-/m0/s1. The fraction of sp³-hybridized carbons (Fsp3) is 0.188. The molecule has 0 radical (unpaired) electrons. The molecule has 4 nitrogen and oxygen atoms in total. The van der Waals surface area contributed by atoms with Crippen molar-refractivity contribution in [1.29, 1.82) is 0 Å². The van der Waals surface area contributed by atoms with Gasteiger partial charge < -0.3 is 4.74 Å². The second-order valence-corrected chi connectivity index (χ2v) is 6.91. The van der Waals surface area contributed by atoms with Crippen LogP contribution in [0.2, 0.25) is 0 Å². The van der Waals surface area contributed by atoms with Crippen molar-refractivity contribution in [3.63, 3.8) is 0 Å². The van der Waals surface area contributed by atoms with E-state index in [0.29, 0.717) is 5.82 Å². The van der Waals surface area contributed by atoms with Gasteiger partial charge in [0.05, 0.1) is 17.5 Å². The number of esters is 1. The van der Waals surface area contributed by atoms with Crippen molar-refractivity contribution in [2.24, 2.45) is 0 Å². The number of carbonyl (C=O) groups is 1. The second-order valence-electron chi connectivity index (χ2n) is 4.63. The summed E-state index contributed by atoms with van der Waals surface area (Å²) < 4.78 is 4.80. The van der Waals surface area contributed by atoms with Crippen LogP contribution in [0.4, 0.5) is 0 Å². The van der Waals surface area contributed by atoms with Crippen LogP contribution < -0.4 is 0 Å². The summed E-state index contributed by atoms with van der Waals surface area (Å²) >= 11 is 2.99. The Morgan fingerprint density at radius 3 is 2.77 bits per heavy atom. The molecule has 0 bridgehead atoms. The van der Waals surface area contributed by atoms with Crippen LogP contribution >= 0.6 is 23.1 Å². The number of aromatic nitrogens is 2. The van der Waals surface area contributed by atoms with Crippen LogP contribution in [-0.2, 0) is 9.53 Å². The number of ether oxygens (including phenoxy) is 1. The van der Waals surface area contributed by atoms with Crippen molar-refractivity contribution in [2.45, 2.75) is 17.2 Å². The number of rotatable bonds is 4. The number of benzene rings is 1. The van der Waals surface area contributed by atoms with Gasteiger partial charge in [0, 0.05) is 5.39 Å². The minimum atomic E-state index is -0.320. The summed E-state index contributed by atoms with van der Waals surface area (Å²) in [6.07, 6.45) is 0. The molecular formula is C16H14N2O2S2.